The van der Waals surface area contributed by atoms with Crippen LogP contribution in [0.4, 0.5) is 0 Å². The van der Waals surface area contributed by atoms with Crippen LogP contribution in [0.2, 0.25) is 0 Å². The summed E-state index contributed by atoms with van der Waals surface area (Å²) in [7, 11) is 0. The molecule has 0 aliphatic heterocycles. The van der Waals surface area contributed by atoms with E-state index in [-0.39, 0.29) is 17.6 Å². The van der Waals surface area contributed by atoms with Crippen LogP contribution in [0.25, 0.3) is 0 Å². The van der Waals surface area contributed by atoms with Gasteiger partial charge in [0.15, 0.2) is 0 Å². The highest BCUT2D eigenvalue weighted by atomic mass is 16.6. The van der Waals surface area contributed by atoms with E-state index in [4.69, 9.17) is 4.84 Å². The molecule has 3 rings (SSSR count). The molecule has 1 aliphatic rings. The zero-order valence-corrected chi connectivity index (χ0v) is 11.9. The Kier molecular flexibility index (Phi) is 4.32. The number of hydrogen-bond acceptors (Lipinski definition) is 4. The molecule has 1 aromatic heterocycles. The molecular weight excluding hydrogens is 282 g/mol. The standard InChI is InChI=1S/C16H17N3O3/c20-15-8-9-19(16(21)17-15)14-7-6-13(10-14)18-22-11-12-4-2-1-3-5-12/h1-9,13-14,18H,10-11H2,(H,17,20,21)/t13-,14+/m1/s1. The quantitative estimate of drug-likeness (QED) is 0.641. The van der Waals surface area contributed by atoms with E-state index in [0.717, 1.165) is 5.56 Å². The molecule has 6 nitrogen and oxygen atoms in total. The maximum Gasteiger partial charge on any atom is 0.328 e. The van der Waals surface area contributed by atoms with Crippen LogP contribution in [0.5, 0.6) is 0 Å². The molecule has 0 amide bonds. The molecule has 1 aromatic carbocycles. The smallest absolute Gasteiger partial charge is 0.296 e. The first-order valence-electron chi connectivity index (χ1n) is 7.13. The SMILES string of the molecule is O=c1ccn([C@H]2C=C[C@@H](NOCc3ccccc3)C2)c(=O)[nH]1. The summed E-state index contributed by atoms with van der Waals surface area (Å²) < 4.78 is 1.51. The number of nitrogens with one attached hydrogen (secondary N) is 2. The average Bonchev–Trinajstić information content (AvgIpc) is 2.97. The second-order valence-corrected chi connectivity index (χ2v) is 5.20. The predicted octanol–water partition coefficient (Wildman–Crippen LogP) is 1.13. The van der Waals surface area contributed by atoms with E-state index < -0.39 is 5.69 Å². The molecule has 0 bridgehead atoms. The van der Waals surface area contributed by atoms with Gasteiger partial charge in [-0.3, -0.25) is 19.2 Å². The van der Waals surface area contributed by atoms with Gasteiger partial charge in [-0.25, -0.2) is 4.79 Å². The van der Waals surface area contributed by atoms with Gasteiger partial charge in [-0.15, -0.1) is 0 Å². The number of nitrogens with zero attached hydrogens (tertiary/aromatic N) is 1. The molecule has 0 saturated heterocycles. The van der Waals surface area contributed by atoms with Gasteiger partial charge in [-0.2, -0.15) is 5.48 Å². The summed E-state index contributed by atoms with van der Waals surface area (Å²) in [5.74, 6) is 0. The molecule has 6 heteroatoms. The zero-order valence-electron chi connectivity index (χ0n) is 11.9. The molecule has 1 heterocycles. The number of rotatable bonds is 5. The number of aromatic nitrogens is 2. The third-order valence-electron chi connectivity index (χ3n) is 3.59. The lowest BCUT2D eigenvalue weighted by molar-refractivity contribution is 0.0122. The maximum atomic E-state index is 11.8. The van der Waals surface area contributed by atoms with Crippen molar-refractivity contribution >= 4 is 0 Å². The van der Waals surface area contributed by atoms with Crippen LogP contribution < -0.4 is 16.7 Å². The van der Waals surface area contributed by atoms with Gasteiger partial charge in [0.2, 0.25) is 0 Å². The van der Waals surface area contributed by atoms with Crippen LogP contribution >= 0.6 is 0 Å². The summed E-state index contributed by atoms with van der Waals surface area (Å²) in [4.78, 5) is 30.6. The van der Waals surface area contributed by atoms with Crippen molar-refractivity contribution in [3.63, 3.8) is 0 Å². The van der Waals surface area contributed by atoms with Crippen molar-refractivity contribution < 1.29 is 4.84 Å². The van der Waals surface area contributed by atoms with Gasteiger partial charge in [0.1, 0.15) is 0 Å². The minimum Gasteiger partial charge on any atom is -0.296 e. The molecule has 0 radical (unpaired) electrons. The van der Waals surface area contributed by atoms with Gasteiger partial charge in [0, 0.05) is 12.3 Å². The van der Waals surface area contributed by atoms with Crippen LogP contribution in [0.1, 0.15) is 18.0 Å². The lowest BCUT2D eigenvalue weighted by Gasteiger charge is -2.15. The third-order valence-corrected chi connectivity index (χ3v) is 3.59. The van der Waals surface area contributed by atoms with Gasteiger partial charge < -0.3 is 0 Å². The molecule has 2 atom stereocenters. The summed E-state index contributed by atoms with van der Waals surface area (Å²) in [6.45, 7) is 0.481. The lowest BCUT2D eigenvalue weighted by Crippen LogP contribution is -2.32. The largest absolute Gasteiger partial charge is 0.328 e. The van der Waals surface area contributed by atoms with E-state index >= 15 is 0 Å². The highest BCUT2D eigenvalue weighted by molar-refractivity contribution is 5.13. The molecule has 1 aliphatic carbocycles. The first-order valence-corrected chi connectivity index (χ1v) is 7.13. The summed E-state index contributed by atoms with van der Waals surface area (Å²) in [5, 5.41) is 0. The second kappa shape index (κ2) is 6.55. The molecule has 0 unspecified atom stereocenters. The predicted molar refractivity (Wildman–Crippen MR) is 82.3 cm³/mol. The van der Waals surface area contributed by atoms with E-state index in [0.29, 0.717) is 13.0 Å². The number of aromatic amines is 1. The normalized spacial score (nSPS) is 20.4. The molecule has 0 spiro atoms. The maximum absolute atomic E-state index is 11.8. The van der Waals surface area contributed by atoms with Crippen LogP contribution in [0, 0.1) is 0 Å². The Morgan fingerprint density at radius 3 is 2.77 bits per heavy atom. The Hall–Kier alpha value is -2.44. The summed E-state index contributed by atoms with van der Waals surface area (Å²) in [6, 6.07) is 11.2. The van der Waals surface area contributed by atoms with Gasteiger partial charge in [0.05, 0.1) is 18.7 Å². The monoisotopic (exact) mass is 299 g/mol. The van der Waals surface area contributed by atoms with Gasteiger partial charge in [-0.05, 0) is 12.0 Å². The Labute approximate surface area is 127 Å². The van der Waals surface area contributed by atoms with E-state index in [1.807, 2.05) is 42.5 Å². The molecule has 0 fully saturated rings. The molecular formula is C16H17N3O3. The van der Waals surface area contributed by atoms with Crippen molar-refractivity contribution in [2.24, 2.45) is 0 Å². The van der Waals surface area contributed by atoms with Crippen molar-refractivity contribution in [3.05, 3.63) is 81.1 Å². The van der Waals surface area contributed by atoms with Crippen molar-refractivity contribution in [1.29, 1.82) is 0 Å². The fraction of sp³-hybridized carbons (Fsp3) is 0.250. The molecule has 114 valence electrons. The van der Waals surface area contributed by atoms with Crippen molar-refractivity contribution in [1.82, 2.24) is 15.0 Å². The van der Waals surface area contributed by atoms with Crippen LogP contribution in [-0.2, 0) is 11.4 Å². The highest BCUT2D eigenvalue weighted by Gasteiger charge is 2.21. The van der Waals surface area contributed by atoms with E-state index in [1.54, 1.807) is 0 Å². The Balaban J connectivity index is 1.53. The molecule has 22 heavy (non-hydrogen) atoms. The van der Waals surface area contributed by atoms with Crippen molar-refractivity contribution in [2.45, 2.75) is 25.1 Å². The first-order chi connectivity index (χ1) is 10.7. The fourth-order valence-corrected chi connectivity index (χ4v) is 2.47. The van der Waals surface area contributed by atoms with E-state index in [1.165, 1.54) is 16.8 Å². The number of benzene rings is 1. The van der Waals surface area contributed by atoms with Crippen LogP contribution in [0.15, 0.2) is 64.3 Å². The van der Waals surface area contributed by atoms with Gasteiger partial charge >= 0.3 is 5.69 Å². The zero-order chi connectivity index (χ0) is 15.4. The van der Waals surface area contributed by atoms with E-state index in [2.05, 4.69) is 10.5 Å². The number of hydrogen-bond donors (Lipinski definition) is 2. The molecule has 2 N–H and O–H groups in total. The average molecular weight is 299 g/mol. The minimum atomic E-state index is -0.395. The van der Waals surface area contributed by atoms with E-state index in [9.17, 15) is 9.59 Å². The second-order valence-electron chi connectivity index (χ2n) is 5.20. The van der Waals surface area contributed by atoms with Gasteiger partial charge in [0.25, 0.3) is 5.56 Å². The van der Waals surface area contributed by atoms with Crippen molar-refractivity contribution in [2.75, 3.05) is 0 Å². The molecule has 0 saturated carbocycles. The summed E-state index contributed by atoms with van der Waals surface area (Å²) in [5.41, 5.74) is 3.29. The first kappa shape index (κ1) is 14.5. The summed E-state index contributed by atoms with van der Waals surface area (Å²) in [6.07, 6.45) is 6.11. The Morgan fingerprint density at radius 1 is 1.18 bits per heavy atom. The minimum absolute atomic E-state index is 0.0348. The lowest BCUT2D eigenvalue weighted by atomic mass is 10.2. The Morgan fingerprint density at radius 2 is 2.00 bits per heavy atom. The van der Waals surface area contributed by atoms with Crippen LogP contribution in [-0.4, -0.2) is 15.6 Å². The molecule has 2 aromatic rings. The topological polar surface area (TPSA) is 76.1 Å². The number of H-pyrrole nitrogens is 1. The van der Waals surface area contributed by atoms with Gasteiger partial charge in [-0.1, -0.05) is 42.5 Å². The third kappa shape index (κ3) is 3.41. The van der Waals surface area contributed by atoms with Crippen LogP contribution in [0.3, 0.4) is 0 Å². The van der Waals surface area contributed by atoms with Crippen molar-refractivity contribution in [3.8, 4) is 0 Å². The number of allylic oxidation sites excluding steroid dienone is 1. The number of hydroxylamine groups is 1. The highest BCUT2D eigenvalue weighted by Crippen LogP contribution is 2.21. The Bertz CT molecular complexity index is 764. The summed E-state index contributed by atoms with van der Waals surface area (Å²) >= 11 is 0. The fourth-order valence-electron chi connectivity index (χ4n) is 2.47.